The highest BCUT2D eigenvalue weighted by Gasteiger charge is 2.37. The normalized spacial score (nSPS) is 11.9. The van der Waals surface area contributed by atoms with Crippen molar-refractivity contribution in [2.45, 2.75) is 12.7 Å². The summed E-state index contributed by atoms with van der Waals surface area (Å²) >= 11 is 12.5. The third-order valence-corrected chi connectivity index (χ3v) is 3.87. The lowest BCUT2D eigenvalue weighted by Gasteiger charge is -2.04. The van der Waals surface area contributed by atoms with Crippen LogP contribution in [0.4, 0.5) is 13.2 Å². The van der Waals surface area contributed by atoms with E-state index >= 15 is 0 Å². The van der Waals surface area contributed by atoms with Crippen LogP contribution in [-0.2, 0) is 12.7 Å². The zero-order valence-electron chi connectivity index (χ0n) is 10.1. The van der Waals surface area contributed by atoms with E-state index in [2.05, 4.69) is 15.3 Å². The zero-order valence-corrected chi connectivity index (χ0v) is 12.4. The standard InChI is InChI=1S/C11H8Cl2F3N3S/c1-17-4-7-9(11(14,15)16)19-10(20-7)8-6(13)2-5(12)3-18-8/h2-3,17H,4H2,1H3. The highest BCUT2D eigenvalue weighted by molar-refractivity contribution is 7.15. The number of hydrogen-bond acceptors (Lipinski definition) is 4. The molecule has 0 radical (unpaired) electrons. The lowest BCUT2D eigenvalue weighted by atomic mass is 10.3. The summed E-state index contributed by atoms with van der Waals surface area (Å²) < 4.78 is 38.7. The van der Waals surface area contributed by atoms with E-state index in [9.17, 15) is 13.2 Å². The van der Waals surface area contributed by atoms with Gasteiger partial charge in [0.05, 0.1) is 14.9 Å². The van der Waals surface area contributed by atoms with E-state index in [-0.39, 0.29) is 27.1 Å². The molecule has 2 aromatic rings. The molecule has 0 unspecified atom stereocenters. The maximum absolute atomic E-state index is 12.9. The van der Waals surface area contributed by atoms with E-state index in [0.29, 0.717) is 5.02 Å². The second-order valence-electron chi connectivity index (χ2n) is 3.80. The quantitative estimate of drug-likeness (QED) is 0.906. The van der Waals surface area contributed by atoms with Gasteiger partial charge in [-0.15, -0.1) is 11.3 Å². The Morgan fingerprint density at radius 1 is 1.35 bits per heavy atom. The Balaban J connectivity index is 2.53. The molecule has 0 amide bonds. The van der Waals surface area contributed by atoms with Gasteiger partial charge >= 0.3 is 6.18 Å². The van der Waals surface area contributed by atoms with Gasteiger partial charge < -0.3 is 5.32 Å². The third-order valence-electron chi connectivity index (χ3n) is 2.31. The number of hydrogen-bond donors (Lipinski definition) is 1. The molecule has 9 heteroatoms. The number of rotatable bonds is 3. The Morgan fingerprint density at radius 2 is 2.05 bits per heavy atom. The highest BCUT2D eigenvalue weighted by atomic mass is 35.5. The molecule has 0 aliphatic rings. The van der Waals surface area contributed by atoms with Crippen molar-refractivity contribution < 1.29 is 13.2 Å². The molecule has 1 N–H and O–H groups in total. The van der Waals surface area contributed by atoms with Crippen molar-refractivity contribution >= 4 is 34.5 Å². The van der Waals surface area contributed by atoms with Gasteiger partial charge in [-0.25, -0.2) is 4.98 Å². The van der Waals surface area contributed by atoms with Crippen LogP contribution < -0.4 is 5.32 Å². The Bertz CT molecular complexity index is 628. The minimum absolute atomic E-state index is 0.0672. The predicted octanol–water partition coefficient (Wildman–Crippen LogP) is 4.25. The Labute approximate surface area is 126 Å². The first-order valence-corrected chi connectivity index (χ1v) is 6.93. The summed E-state index contributed by atoms with van der Waals surface area (Å²) in [5.74, 6) is 0. The molecule has 2 rings (SSSR count). The molecule has 0 saturated carbocycles. The van der Waals surface area contributed by atoms with Crippen molar-refractivity contribution in [2.24, 2.45) is 0 Å². The minimum Gasteiger partial charge on any atom is -0.315 e. The SMILES string of the molecule is CNCc1sc(-c2ncc(Cl)cc2Cl)nc1C(F)(F)F. The van der Waals surface area contributed by atoms with Gasteiger partial charge in [0.2, 0.25) is 0 Å². The highest BCUT2D eigenvalue weighted by Crippen LogP contribution is 2.39. The van der Waals surface area contributed by atoms with Gasteiger partial charge in [0.15, 0.2) is 5.69 Å². The van der Waals surface area contributed by atoms with Crippen LogP contribution in [-0.4, -0.2) is 17.0 Å². The molecule has 108 valence electrons. The van der Waals surface area contributed by atoms with Crippen molar-refractivity contribution in [1.29, 1.82) is 0 Å². The van der Waals surface area contributed by atoms with E-state index in [1.807, 2.05) is 0 Å². The second-order valence-corrected chi connectivity index (χ2v) is 5.73. The van der Waals surface area contributed by atoms with Gasteiger partial charge in [0.25, 0.3) is 0 Å². The molecule has 0 atom stereocenters. The molecule has 0 bridgehead atoms. The van der Waals surface area contributed by atoms with Crippen LogP contribution in [0.25, 0.3) is 10.7 Å². The fraction of sp³-hybridized carbons (Fsp3) is 0.273. The third kappa shape index (κ3) is 3.22. The summed E-state index contributed by atoms with van der Waals surface area (Å²) in [4.78, 5) is 7.65. The van der Waals surface area contributed by atoms with Gasteiger partial charge in [0.1, 0.15) is 10.7 Å². The fourth-order valence-corrected chi connectivity index (χ4v) is 3.16. The molecule has 0 saturated heterocycles. The lowest BCUT2D eigenvalue weighted by Crippen LogP contribution is -2.12. The zero-order chi connectivity index (χ0) is 14.9. The average Bonchev–Trinajstić information content (AvgIpc) is 2.73. The monoisotopic (exact) mass is 341 g/mol. The number of thiazole rings is 1. The van der Waals surface area contributed by atoms with E-state index in [1.54, 1.807) is 7.05 Å². The van der Waals surface area contributed by atoms with Crippen LogP contribution in [0.15, 0.2) is 12.3 Å². The molecular formula is C11H8Cl2F3N3S. The van der Waals surface area contributed by atoms with Crippen molar-refractivity contribution in [3.8, 4) is 10.7 Å². The maximum Gasteiger partial charge on any atom is 0.434 e. The van der Waals surface area contributed by atoms with Crippen LogP contribution in [0.3, 0.4) is 0 Å². The van der Waals surface area contributed by atoms with Gasteiger partial charge in [-0.1, -0.05) is 23.2 Å². The van der Waals surface area contributed by atoms with Gasteiger partial charge in [-0.3, -0.25) is 4.98 Å². The largest absolute Gasteiger partial charge is 0.434 e. The molecule has 0 aliphatic heterocycles. The smallest absolute Gasteiger partial charge is 0.315 e. The predicted molar refractivity (Wildman–Crippen MR) is 73.1 cm³/mol. The lowest BCUT2D eigenvalue weighted by molar-refractivity contribution is -0.141. The summed E-state index contributed by atoms with van der Waals surface area (Å²) in [6, 6.07) is 1.41. The fourth-order valence-electron chi connectivity index (χ4n) is 1.53. The molecule has 0 spiro atoms. The van der Waals surface area contributed by atoms with E-state index in [4.69, 9.17) is 23.2 Å². The van der Waals surface area contributed by atoms with Crippen LogP contribution in [0.5, 0.6) is 0 Å². The number of halogens is 5. The number of aromatic nitrogens is 2. The number of nitrogens with one attached hydrogen (secondary N) is 1. The molecule has 2 aromatic heterocycles. The Kier molecular flexibility index (Phi) is 4.53. The minimum atomic E-state index is -4.51. The topological polar surface area (TPSA) is 37.8 Å². The van der Waals surface area contributed by atoms with Crippen LogP contribution in [0.1, 0.15) is 10.6 Å². The number of pyridine rings is 1. The second kappa shape index (κ2) is 5.85. The molecule has 3 nitrogen and oxygen atoms in total. The summed E-state index contributed by atoms with van der Waals surface area (Å²) in [6.45, 7) is 0.0672. The van der Waals surface area contributed by atoms with E-state index in [1.165, 1.54) is 12.3 Å². The van der Waals surface area contributed by atoms with Gasteiger partial charge in [0, 0.05) is 12.7 Å². The van der Waals surface area contributed by atoms with Crippen molar-refractivity contribution in [3.05, 3.63) is 32.9 Å². The number of nitrogens with zero attached hydrogens (tertiary/aromatic N) is 2. The molecule has 0 aromatic carbocycles. The maximum atomic E-state index is 12.9. The summed E-state index contributed by atoms with van der Waals surface area (Å²) in [6.07, 6.45) is -3.20. The Morgan fingerprint density at radius 3 is 2.60 bits per heavy atom. The van der Waals surface area contributed by atoms with Crippen molar-refractivity contribution in [1.82, 2.24) is 15.3 Å². The van der Waals surface area contributed by atoms with E-state index in [0.717, 1.165) is 11.3 Å². The average molecular weight is 342 g/mol. The summed E-state index contributed by atoms with van der Waals surface area (Å²) in [7, 11) is 1.56. The van der Waals surface area contributed by atoms with Gasteiger partial charge in [-0.05, 0) is 13.1 Å². The first-order valence-electron chi connectivity index (χ1n) is 5.36. The first-order chi connectivity index (χ1) is 9.32. The summed E-state index contributed by atoms with van der Waals surface area (Å²) in [5.41, 5.74) is -0.728. The number of alkyl halides is 3. The van der Waals surface area contributed by atoms with Gasteiger partial charge in [-0.2, -0.15) is 13.2 Å². The Hall–Kier alpha value is -0.890. The van der Waals surface area contributed by atoms with Crippen LogP contribution >= 0.6 is 34.5 Å². The molecule has 0 aliphatic carbocycles. The van der Waals surface area contributed by atoms with E-state index < -0.39 is 11.9 Å². The van der Waals surface area contributed by atoms with Crippen molar-refractivity contribution in [2.75, 3.05) is 7.05 Å². The van der Waals surface area contributed by atoms with Crippen molar-refractivity contribution in [3.63, 3.8) is 0 Å². The molecule has 20 heavy (non-hydrogen) atoms. The molecule has 0 fully saturated rings. The van der Waals surface area contributed by atoms with Crippen LogP contribution in [0, 0.1) is 0 Å². The van der Waals surface area contributed by atoms with Crippen LogP contribution in [0.2, 0.25) is 10.0 Å². The summed E-state index contributed by atoms with van der Waals surface area (Å²) in [5, 5.41) is 3.27. The first kappa shape index (κ1) is 15.5. The molecular weight excluding hydrogens is 334 g/mol. The molecule has 2 heterocycles.